The van der Waals surface area contributed by atoms with Gasteiger partial charge in [-0.25, -0.2) is 0 Å². The molecule has 2 unspecified atom stereocenters. The fourth-order valence-electron chi connectivity index (χ4n) is 3.32. The summed E-state index contributed by atoms with van der Waals surface area (Å²) in [6.07, 6.45) is 1.80. The Labute approximate surface area is 140 Å². The van der Waals surface area contributed by atoms with Crippen molar-refractivity contribution in [2.24, 2.45) is 0 Å². The molecule has 3 aromatic rings. The van der Waals surface area contributed by atoms with Crippen LogP contribution in [-0.4, -0.2) is 21.0 Å². The third-order valence-corrected chi connectivity index (χ3v) is 4.85. The lowest BCUT2D eigenvalue weighted by Gasteiger charge is -2.37. The van der Waals surface area contributed by atoms with Gasteiger partial charge in [0.25, 0.3) is 0 Å². The zero-order chi connectivity index (χ0) is 16.6. The molecule has 0 fully saturated rings. The van der Waals surface area contributed by atoms with Crippen molar-refractivity contribution in [2.45, 2.75) is 31.9 Å². The highest BCUT2D eigenvalue weighted by molar-refractivity contribution is 6.30. The van der Waals surface area contributed by atoms with E-state index >= 15 is 0 Å². The number of nitrogen functional groups attached to an aromatic ring is 1. The van der Waals surface area contributed by atoms with Gasteiger partial charge in [-0.1, -0.05) is 36.7 Å². The molecule has 0 bridgehead atoms. The fourth-order valence-corrected chi connectivity index (χ4v) is 3.45. The summed E-state index contributed by atoms with van der Waals surface area (Å²) in [5.74, 6) is 0. The number of nitrogens with zero attached hydrogens (tertiary/aromatic N) is 2. The van der Waals surface area contributed by atoms with Crippen LogP contribution in [0.2, 0.25) is 5.02 Å². The van der Waals surface area contributed by atoms with E-state index in [1.54, 1.807) is 13.1 Å². The molecule has 0 radical (unpaired) electrons. The number of fused-ring (bicyclic) bond motifs is 1. The van der Waals surface area contributed by atoms with Crippen LogP contribution in [0, 0.1) is 0 Å². The Bertz CT molecular complexity index is 826. The highest BCUT2D eigenvalue weighted by Crippen LogP contribution is 2.37. The molecule has 1 aromatic heterocycles. The van der Waals surface area contributed by atoms with Crippen molar-refractivity contribution in [2.75, 3.05) is 5.73 Å². The number of aliphatic hydroxyl groups is 1. The summed E-state index contributed by atoms with van der Waals surface area (Å²) in [4.78, 5) is 0. The lowest BCUT2D eigenvalue weighted by Crippen LogP contribution is -2.44. The summed E-state index contributed by atoms with van der Waals surface area (Å²) in [5.41, 5.74) is 7.93. The van der Waals surface area contributed by atoms with E-state index in [0.717, 1.165) is 16.5 Å². The zero-order valence-corrected chi connectivity index (χ0v) is 14.0. The van der Waals surface area contributed by atoms with Gasteiger partial charge in [0, 0.05) is 16.1 Å². The van der Waals surface area contributed by atoms with Crippen molar-refractivity contribution in [1.82, 2.24) is 9.78 Å². The quantitative estimate of drug-likeness (QED) is 0.715. The maximum Gasteiger partial charge on any atom is 0.113 e. The molecule has 0 amide bonds. The average Bonchev–Trinajstić information content (AvgIpc) is 2.96. The van der Waals surface area contributed by atoms with Crippen LogP contribution in [0.4, 0.5) is 5.69 Å². The van der Waals surface area contributed by atoms with E-state index in [-0.39, 0.29) is 0 Å². The second-order valence-electron chi connectivity index (χ2n) is 5.80. The summed E-state index contributed by atoms with van der Waals surface area (Å²) in [6.45, 7) is 3.83. The molecule has 120 valence electrons. The lowest BCUT2D eigenvalue weighted by atomic mass is 9.82. The Morgan fingerprint density at radius 3 is 2.57 bits per heavy atom. The first-order chi connectivity index (χ1) is 11.0. The van der Waals surface area contributed by atoms with Crippen LogP contribution >= 0.6 is 11.6 Å². The Balaban J connectivity index is 2.31. The summed E-state index contributed by atoms with van der Waals surface area (Å²) in [6, 6.07) is 13.3. The Hall–Kier alpha value is -2.04. The van der Waals surface area contributed by atoms with Gasteiger partial charge in [-0.3, -0.25) is 4.68 Å². The first-order valence-corrected chi connectivity index (χ1v) is 8.05. The summed E-state index contributed by atoms with van der Waals surface area (Å²) in [5, 5.41) is 16.8. The molecule has 4 nitrogen and oxygen atoms in total. The van der Waals surface area contributed by atoms with Gasteiger partial charge in [0.05, 0.1) is 17.8 Å². The van der Waals surface area contributed by atoms with E-state index in [4.69, 9.17) is 17.3 Å². The molecule has 2 atom stereocenters. The van der Waals surface area contributed by atoms with Gasteiger partial charge in [-0.05, 0) is 43.2 Å². The number of benzene rings is 2. The first-order valence-electron chi connectivity index (χ1n) is 7.67. The van der Waals surface area contributed by atoms with Crippen LogP contribution in [0.1, 0.15) is 25.8 Å². The summed E-state index contributed by atoms with van der Waals surface area (Å²) < 4.78 is 1.88. The van der Waals surface area contributed by atoms with Crippen LogP contribution in [0.3, 0.4) is 0 Å². The van der Waals surface area contributed by atoms with Gasteiger partial charge in [0.2, 0.25) is 0 Å². The topological polar surface area (TPSA) is 64.1 Å². The van der Waals surface area contributed by atoms with Crippen molar-refractivity contribution in [3.8, 4) is 0 Å². The van der Waals surface area contributed by atoms with Crippen molar-refractivity contribution in [3.63, 3.8) is 0 Å². The SMILES string of the molecule is CCC(c1ccc(Cl)cc1)(C(C)O)n1ncc2c(N)cccc21. The Morgan fingerprint density at radius 2 is 1.96 bits per heavy atom. The molecular weight excluding hydrogens is 310 g/mol. The van der Waals surface area contributed by atoms with Crippen LogP contribution in [0.25, 0.3) is 10.9 Å². The number of aliphatic hydroxyl groups excluding tert-OH is 1. The molecule has 1 heterocycles. The summed E-state index contributed by atoms with van der Waals surface area (Å²) in [7, 11) is 0. The van der Waals surface area contributed by atoms with E-state index in [2.05, 4.69) is 5.10 Å². The standard InChI is InChI=1S/C18H20ClN3O/c1-3-18(12(2)23,13-7-9-14(19)10-8-13)22-17-6-4-5-16(20)15(17)11-21-22/h4-12,23H,3,20H2,1-2H3. The zero-order valence-electron chi connectivity index (χ0n) is 13.2. The molecule has 0 spiro atoms. The molecule has 2 aromatic carbocycles. The van der Waals surface area contributed by atoms with Crippen LogP contribution in [0.5, 0.6) is 0 Å². The molecule has 0 aliphatic heterocycles. The Kier molecular flexibility index (Phi) is 4.04. The minimum atomic E-state index is -0.680. The molecule has 5 heteroatoms. The molecule has 0 aliphatic carbocycles. The Morgan fingerprint density at radius 1 is 1.26 bits per heavy atom. The van der Waals surface area contributed by atoms with Gasteiger partial charge in [-0.15, -0.1) is 0 Å². The van der Waals surface area contributed by atoms with Gasteiger partial charge >= 0.3 is 0 Å². The molecule has 0 saturated heterocycles. The highest BCUT2D eigenvalue weighted by Gasteiger charge is 2.39. The number of hydrogen-bond donors (Lipinski definition) is 2. The van der Waals surface area contributed by atoms with Gasteiger partial charge in [-0.2, -0.15) is 5.10 Å². The molecule has 23 heavy (non-hydrogen) atoms. The van der Waals surface area contributed by atoms with Crippen LogP contribution < -0.4 is 5.73 Å². The van der Waals surface area contributed by atoms with E-state index < -0.39 is 11.6 Å². The van der Waals surface area contributed by atoms with E-state index in [1.807, 2.05) is 54.1 Å². The van der Waals surface area contributed by atoms with Crippen LogP contribution in [-0.2, 0) is 5.54 Å². The fraction of sp³-hybridized carbons (Fsp3) is 0.278. The minimum absolute atomic E-state index is 0.641. The smallest absolute Gasteiger partial charge is 0.113 e. The van der Waals surface area contributed by atoms with E-state index in [9.17, 15) is 5.11 Å². The predicted molar refractivity (Wildman–Crippen MR) is 94.6 cm³/mol. The van der Waals surface area contributed by atoms with E-state index in [0.29, 0.717) is 17.1 Å². The molecule has 0 saturated carbocycles. The van der Waals surface area contributed by atoms with Crippen LogP contribution in [0.15, 0.2) is 48.7 Å². The number of rotatable bonds is 4. The van der Waals surface area contributed by atoms with Gasteiger partial charge in [0.15, 0.2) is 0 Å². The summed E-state index contributed by atoms with van der Waals surface area (Å²) >= 11 is 6.02. The van der Waals surface area contributed by atoms with Crippen molar-refractivity contribution < 1.29 is 5.11 Å². The number of nitrogens with two attached hydrogens (primary N) is 1. The molecule has 0 aliphatic rings. The van der Waals surface area contributed by atoms with Crippen molar-refractivity contribution in [3.05, 3.63) is 59.2 Å². The second-order valence-corrected chi connectivity index (χ2v) is 6.23. The predicted octanol–water partition coefficient (Wildman–Crippen LogP) is 3.81. The second kappa shape index (κ2) is 5.87. The first kappa shape index (κ1) is 15.8. The molecule has 3 rings (SSSR count). The third kappa shape index (κ3) is 2.38. The van der Waals surface area contributed by atoms with Crippen molar-refractivity contribution in [1.29, 1.82) is 0 Å². The molecule has 3 N–H and O–H groups in total. The largest absolute Gasteiger partial charge is 0.398 e. The lowest BCUT2D eigenvalue weighted by molar-refractivity contribution is 0.0669. The maximum atomic E-state index is 10.7. The number of anilines is 1. The normalized spacial score (nSPS) is 15.5. The molecular formula is C18H20ClN3O. The van der Waals surface area contributed by atoms with Gasteiger partial charge < -0.3 is 10.8 Å². The highest BCUT2D eigenvalue weighted by atomic mass is 35.5. The number of hydrogen-bond acceptors (Lipinski definition) is 3. The minimum Gasteiger partial charge on any atom is -0.398 e. The third-order valence-electron chi connectivity index (χ3n) is 4.60. The maximum absolute atomic E-state index is 10.7. The number of halogens is 1. The van der Waals surface area contributed by atoms with E-state index in [1.165, 1.54) is 0 Å². The van der Waals surface area contributed by atoms with Crippen molar-refractivity contribution >= 4 is 28.2 Å². The average molecular weight is 330 g/mol. The monoisotopic (exact) mass is 329 g/mol. The van der Waals surface area contributed by atoms with Gasteiger partial charge in [0.1, 0.15) is 5.54 Å². The number of aromatic nitrogens is 2.